The first-order valence-electron chi connectivity index (χ1n) is 9.30. The molecular weight excluding hydrogens is 392 g/mol. The predicted octanol–water partition coefficient (Wildman–Crippen LogP) is 3.95. The molecule has 9 heteroatoms. The highest BCUT2D eigenvalue weighted by molar-refractivity contribution is 5.95. The van der Waals surface area contributed by atoms with Gasteiger partial charge in [0, 0.05) is 0 Å². The van der Waals surface area contributed by atoms with Crippen LogP contribution in [0.15, 0.2) is 18.2 Å². The molecule has 0 aromatic heterocycles. The van der Waals surface area contributed by atoms with Gasteiger partial charge in [-0.25, -0.2) is 4.39 Å². The Bertz CT molecular complexity index is 783. The summed E-state index contributed by atoms with van der Waals surface area (Å²) in [4.78, 5) is 24.5. The van der Waals surface area contributed by atoms with Gasteiger partial charge in [0.05, 0.1) is 23.1 Å². The van der Waals surface area contributed by atoms with Gasteiger partial charge in [0.25, 0.3) is 0 Å². The van der Waals surface area contributed by atoms with Crippen molar-refractivity contribution in [1.82, 2.24) is 0 Å². The molecule has 29 heavy (non-hydrogen) atoms. The summed E-state index contributed by atoms with van der Waals surface area (Å²) in [7, 11) is 0. The van der Waals surface area contributed by atoms with Crippen molar-refractivity contribution < 1.29 is 31.9 Å². The van der Waals surface area contributed by atoms with Crippen LogP contribution < -0.4 is 11.1 Å². The molecule has 0 radical (unpaired) electrons. The van der Waals surface area contributed by atoms with Crippen LogP contribution in [0.25, 0.3) is 0 Å². The molecule has 1 aliphatic rings. The molecule has 0 spiro atoms. The Balaban J connectivity index is 2.12. The molecule has 5 nitrogen and oxygen atoms in total. The van der Waals surface area contributed by atoms with E-state index in [0.717, 1.165) is 13.0 Å². The average molecular weight is 418 g/mol. The highest BCUT2D eigenvalue weighted by atomic mass is 19.4. The Morgan fingerprint density at radius 3 is 2.31 bits per heavy atom. The third-order valence-electron chi connectivity index (χ3n) is 4.87. The lowest BCUT2D eigenvalue weighted by molar-refractivity contribution is -0.176. The molecule has 0 bridgehead atoms. The number of rotatable bonds is 6. The van der Waals surface area contributed by atoms with E-state index in [-0.39, 0.29) is 18.1 Å². The van der Waals surface area contributed by atoms with Gasteiger partial charge < -0.3 is 15.8 Å². The summed E-state index contributed by atoms with van der Waals surface area (Å²) < 4.78 is 57.8. The molecule has 1 amide bonds. The molecule has 1 aliphatic carbocycles. The number of carbonyl (C=O) groups is 2. The fraction of sp³-hybridized carbons (Fsp3) is 0.600. The number of nitrogens with two attached hydrogens (primary N) is 1. The van der Waals surface area contributed by atoms with Crippen molar-refractivity contribution in [2.75, 3.05) is 5.32 Å². The number of esters is 1. The van der Waals surface area contributed by atoms with E-state index in [1.54, 1.807) is 20.8 Å². The molecule has 0 aliphatic heterocycles. The number of amides is 1. The molecule has 1 aromatic carbocycles. The maximum absolute atomic E-state index is 14.1. The molecule has 2 rings (SSSR count). The summed E-state index contributed by atoms with van der Waals surface area (Å²) in [5.41, 5.74) is 4.32. The number of carbonyl (C=O) groups excluding carboxylic acids is 2. The third kappa shape index (κ3) is 5.91. The number of hydrogen-bond donors (Lipinski definition) is 2. The molecule has 1 unspecified atom stereocenters. The summed E-state index contributed by atoms with van der Waals surface area (Å²) in [6.45, 7) is 6.07. The van der Waals surface area contributed by atoms with Crippen molar-refractivity contribution in [1.29, 1.82) is 0 Å². The van der Waals surface area contributed by atoms with Crippen LogP contribution in [0.5, 0.6) is 0 Å². The Kier molecular flexibility index (Phi) is 6.32. The summed E-state index contributed by atoms with van der Waals surface area (Å²) >= 11 is 0. The van der Waals surface area contributed by atoms with Crippen molar-refractivity contribution in [3.63, 3.8) is 0 Å². The van der Waals surface area contributed by atoms with Crippen molar-refractivity contribution in [2.45, 2.75) is 64.8 Å². The largest absolute Gasteiger partial charge is 0.460 e. The van der Waals surface area contributed by atoms with Gasteiger partial charge in [0.15, 0.2) is 0 Å². The first-order valence-corrected chi connectivity index (χ1v) is 9.30. The molecule has 0 saturated heterocycles. The highest BCUT2D eigenvalue weighted by Crippen LogP contribution is 2.50. The Hall–Kier alpha value is -2.16. The number of alkyl halides is 3. The Morgan fingerprint density at radius 2 is 1.83 bits per heavy atom. The number of ether oxygens (including phenoxy) is 1. The van der Waals surface area contributed by atoms with E-state index in [4.69, 9.17) is 10.5 Å². The second-order valence-corrected chi connectivity index (χ2v) is 8.62. The van der Waals surface area contributed by atoms with Gasteiger partial charge in [0.1, 0.15) is 11.4 Å². The van der Waals surface area contributed by atoms with Crippen molar-refractivity contribution >= 4 is 17.6 Å². The number of hydrogen-bond acceptors (Lipinski definition) is 4. The van der Waals surface area contributed by atoms with Gasteiger partial charge in [-0.15, -0.1) is 0 Å². The van der Waals surface area contributed by atoms with Crippen LogP contribution in [0.4, 0.5) is 23.2 Å². The summed E-state index contributed by atoms with van der Waals surface area (Å²) in [6.07, 6.45) is -3.14. The van der Waals surface area contributed by atoms with Crippen LogP contribution in [0.2, 0.25) is 0 Å². The zero-order valence-corrected chi connectivity index (χ0v) is 16.8. The number of anilines is 1. The predicted molar refractivity (Wildman–Crippen MR) is 99.4 cm³/mol. The van der Waals surface area contributed by atoms with Crippen LogP contribution in [0.1, 0.15) is 46.1 Å². The SMILES string of the molecule is CC([C@H](N)C(=O)Nc1cc(CC2(C(=O)OC(C)(C)C)CC2)ccc1F)C(F)(F)F. The van der Waals surface area contributed by atoms with E-state index in [9.17, 15) is 27.2 Å². The lowest BCUT2D eigenvalue weighted by Crippen LogP contribution is -2.46. The molecule has 0 heterocycles. The third-order valence-corrected chi connectivity index (χ3v) is 4.87. The van der Waals surface area contributed by atoms with Gasteiger partial charge >= 0.3 is 12.1 Å². The maximum atomic E-state index is 14.1. The van der Waals surface area contributed by atoms with Crippen molar-refractivity contribution in [3.05, 3.63) is 29.6 Å². The zero-order valence-electron chi connectivity index (χ0n) is 16.8. The number of halogens is 4. The molecule has 1 fully saturated rings. The second-order valence-electron chi connectivity index (χ2n) is 8.62. The molecule has 2 atom stereocenters. The monoisotopic (exact) mass is 418 g/mol. The van der Waals surface area contributed by atoms with Gasteiger partial charge in [-0.1, -0.05) is 13.0 Å². The normalized spacial score (nSPS) is 18.0. The lowest BCUT2D eigenvalue weighted by Gasteiger charge is -2.24. The minimum absolute atomic E-state index is 0.274. The molecular formula is C20H26F4N2O3. The summed E-state index contributed by atoms with van der Waals surface area (Å²) in [5.74, 6) is -4.38. The molecule has 1 saturated carbocycles. The summed E-state index contributed by atoms with van der Waals surface area (Å²) in [5, 5.41) is 2.12. The molecule has 162 valence electrons. The standard InChI is InChI=1S/C20H26F4N2O3/c1-11(20(22,23)24)15(25)16(27)26-14-9-12(5-6-13(14)21)10-19(7-8-19)17(28)29-18(2,3)4/h5-6,9,11,15H,7-8,10,25H2,1-4H3,(H,26,27)/t11?,15-/m0/s1. The second kappa shape index (κ2) is 7.93. The molecule has 1 aromatic rings. The quantitative estimate of drug-likeness (QED) is 0.541. The average Bonchev–Trinajstić information content (AvgIpc) is 3.35. The van der Waals surface area contributed by atoms with Crippen LogP contribution in [-0.2, 0) is 20.7 Å². The van der Waals surface area contributed by atoms with E-state index in [2.05, 4.69) is 5.32 Å². The number of nitrogens with one attached hydrogen (secondary N) is 1. The number of benzene rings is 1. The topological polar surface area (TPSA) is 81.4 Å². The van der Waals surface area contributed by atoms with E-state index in [1.165, 1.54) is 12.1 Å². The van der Waals surface area contributed by atoms with Crippen LogP contribution in [0, 0.1) is 17.2 Å². The minimum Gasteiger partial charge on any atom is -0.460 e. The Labute approximate surface area is 167 Å². The van der Waals surface area contributed by atoms with E-state index in [1.807, 2.05) is 0 Å². The van der Waals surface area contributed by atoms with Crippen LogP contribution >= 0.6 is 0 Å². The fourth-order valence-electron chi connectivity index (χ4n) is 2.81. The minimum atomic E-state index is -4.65. The first kappa shape index (κ1) is 23.1. The van der Waals surface area contributed by atoms with Gasteiger partial charge in [-0.3, -0.25) is 9.59 Å². The fourth-order valence-corrected chi connectivity index (χ4v) is 2.81. The van der Waals surface area contributed by atoms with Crippen molar-refractivity contribution in [3.8, 4) is 0 Å². The van der Waals surface area contributed by atoms with Gasteiger partial charge in [0.2, 0.25) is 5.91 Å². The summed E-state index contributed by atoms with van der Waals surface area (Å²) in [6, 6.07) is 1.99. The Morgan fingerprint density at radius 1 is 1.24 bits per heavy atom. The van der Waals surface area contributed by atoms with Crippen LogP contribution in [-0.4, -0.2) is 29.7 Å². The van der Waals surface area contributed by atoms with Crippen molar-refractivity contribution in [2.24, 2.45) is 17.1 Å². The maximum Gasteiger partial charge on any atom is 0.393 e. The van der Waals surface area contributed by atoms with Crippen LogP contribution in [0.3, 0.4) is 0 Å². The van der Waals surface area contributed by atoms with E-state index < -0.39 is 40.9 Å². The smallest absolute Gasteiger partial charge is 0.393 e. The zero-order chi connectivity index (χ0) is 22.2. The highest BCUT2D eigenvalue weighted by Gasteiger charge is 2.52. The van der Waals surface area contributed by atoms with Gasteiger partial charge in [-0.05, 0) is 57.7 Å². The van der Waals surface area contributed by atoms with E-state index in [0.29, 0.717) is 18.4 Å². The first-order chi connectivity index (χ1) is 13.1. The molecule has 3 N–H and O–H groups in total. The van der Waals surface area contributed by atoms with E-state index >= 15 is 0 Å². The van der Waals surface area contributed by atoms with Gasteiger partial charge in [-0.2, -0.15) is 13.2 Å². The lowest BCUT2D eigenvalue weighted by atomic mass is 9.95.